The van der Waals surface area contributed by atoms with Gasteiger partial charge in [-0.05, 0) is 52.4 Å². The van der Waals surface area contributed by atoms with Gasteiger partial charge in [0.05, 0.1) is 6.61 Å². The van der Waals surface area contributed by atoms with E-state index in [-0.39, 0.29) is 12.4 Å². The van der Waals surface area contributed by atoms with E-state index in [2.05, 4.69) is 12.2 Å². The van der Waals surface area contributed by atoms with Crippen molar-refractivity contribution in [1.29, 1.82) is 0 Å². The van der Waals surface area contributed by atoms with E-state index in [1.54, 1.807) is 13.8 Å². The summed E-state index contributed by atoms with van der Waals surface area (Å²) in [4.78, 5) is 35.2. The second kappa shape index (κ2) is 15.3. The highest BCUT2D eigenvalue weighted by Crippen LogP contribution is 2.32. The van der Waals surface area contributed by atoms with Crippen LogP contribution in [0.3, 0.4) is 0 Å². The summed E-state index contributed by atoms with van der Waals surface area (Å²) in [6.45, 7) is 3.86. The lowest BCUT2D eigenvalue weighted by molar-refractivity contribution is -0.164. The number of unbranched alkanes of at least 4 members (excludes halogenated alkanes) is 11. The van der Waals surface area contributed by atoms with Crippen molar-refractivity contribution < 1.29 is 33.7 Å². The quantitative estimate of drug-likeness (QED) is 0.116. The van der Waals surface area contributed by atoms with Crippen LogP contribution < -0.4 is 0 Å². The van der Waals surface area contributed by atoms with Gasteiger partial charge in [-0.25, -0.2) is 0 Å². The molecule has 0 spiro atoms. The molecule has 0 saturated carbocycles. The van der Waals surface area contributed by atoms with Crippen LogP contribution in [0.2, 0.25) is 0 Å². The largest absolute Gasteiger partial charge is 0.481 e. The van der Waals surface area contributed by atoms with Crippen LogP contribution in [0.15, 0.2) is 12.2 Å². The predicted molar refractivity (Wildman–Crippen MR) is 129 cm³/mol. The molecule has 0 bridgehead atoms. The summed E-state index contributed by atoms with van der Waals surface area (Å²) in [6, 6.07) is 0. The van der Waals surface area contributed by atoms with E-state index >= 15 is 0 Å². The third-order valence-electron chi connectivity index (χ3n) is 6.56. The first-order valence-electron chi connectivity index (χ1n) is 13.2. The molecule has 2 rings (SSSR count). The van der Waals surface area contributed by atoms with Gasteiger partial charge in [-0.1, -0.05) is 63.5 Å². The highest BCUT2D eigenvalue weighted by molar-refractivity contribution is 6.06. The molecule has 3 unspecified atom stereocenters. The molecule has 194 valence electrons. The van der Waals surface area contributed by atoms with E-state index in [1.165, 1.54) is 32.1 Å². The lowest BCUT2D eigenvalue weighted by Crippen LogP contribution is -2.36. The molecule has 0 aromatic rings. The molecule has 2 heterocycles. The fourth-order valence-corrected chi connectivity index (χ4v) is 4.59. The Morgan fingerprint density at radius 2 is 1.47 bits per heavy atom. The van der Waals surface area contributed by atoms with Gasteiger partial charge in [-0.2, -0.15) is 0 Å². The number of hydrogen-bond donors (Lipinski definition) is 1. The Hall–Kier alpha value is -1.73. The summed E-state index contributed by atoms with van der Waals surface area (Å²) in [6.07, 6.45) is 18.2. The number of carbonyl (C=O) groups excluding carboxylic acids is 2. The van der Waals surface area contributed by atoms with Crippen molar-refractivity contribution in [2.45, 2.75) is 128 Å². The molecule has 0 aromatic carbocycles. The van der Waals surface area contributed by atoms with Gasteiger partial charge in [0.2, 0.25) is 0 Å². The van der Waals surface area contributed by atoms with Crippen LogP contribution in [0.25, 0.3) is 0 Å². The summed E-state index contributed by atoms with van der Waals surface area (Å²) in [5.74, 6) is -2.64. The third-order valence-corrected chi connectivity index (χ3v) is 6.56. The molecule has 0 aliphatic carbocycles. The number of ether oxygens (including phenoxy) is 3. The van der Waals surface area contributed by atoms with Crippen LogP contribution in [0.1, 0.15) is 110 Å². The Bertz CT molecular complexity index is 670. The van der Waals surface area contributed by atoms with E-state index in [1.807, 2.05) is 0 Å². The van der Waals surface area contributed by atoms with Crippen LogP contribution in [-0.2, 0) is 28.6 Å². The molecule has 7 nitrogen and oxygen atoms in total. The van der Waals surface area contributed by atoms with Gasteiger partial charge >= 0.3 is 11.9 Å². The van der Waals surface area contributed by atoms with Crippen LogP contribution in [-0.4, -0.2) is 47.4 Å². The summed E-state index contributed by atoms with van der Waals surface area (Å²) in [7, 11) is 0. The molecule has 0 amide bonds. The van der Waals surface area contributed by atoms with Crippen LogP contribution >= 0.6 is 0 Å². The number of Topliss-reactive ketones (excluding diaryl/α,β-unsaturated/α-hetero) is 1. The summed E-state index contributed by atoms with van der Waals surface area (Å²) in [5, 5.41) is 8.60. The number of aliphatic carboxylic acids is 1. The zero-order valence-electron chi connectivity index (χ0n) is 21.1. The maximum Gasteiger partial charge on any atom is 0.317 e. The fourth-order valence-electron chi connectivity index (χ4n) is 4.59. The normalized spacial score (nSPS) is 24.2. The lowest BCUT2D eigenvalue weighted by Gasteiger charge is -2.19. The number of hydrogen-bond acceptors (Lipinski definition) is 6. The number of cyclic esters (lactones) is 1. The molecule has 2 aliphatic heterocycles. The number of rotatable bonds is 18. The molecule has 3 atom stereocenters. The lowest BCUT2D eigenvalue weighted by atomic mass is 9.94. The van der Waals surface area contributed by atoms with Gasteiger partial charge in [0.1, 0.15) is 12.0 Å². The van der Waals surface area contributed by atoms with Crippen LogP contribution in [0.4, 0.5) is 0 Å². The predicted octanol–water partition coefficient (Wildman–Crippen LogP) is 5.74. The zero-order chi connectivity index (χ0) is 24.8. The van der Waals surface area contributed by atoms with E-state index in [0.717, 1.165) is 51.4 Å². The van der Waals surface area contributed by atoms with Crippen molar-refractivity contribution in [2.24, 2.45) is 5.92 Å². The molecule has 7 heteroatoms. The van der Waals surface area contributed by atoms with Gasteiger partial charge in [-0.3, -0.25) is 14.4 Å². The second-order valence-corrected chi connectivity index (χ2v) is 10.0. The van der Waals surface area contributed by atoms with Gasteiger partial charge in [-0.15, -0.1) is 0 Å². The van der Waals surface area contributed by atoms with Crippen molar-refractivity contribution >= 4 is 17.7 Å². The smallest absolute Gasteiger partial charge is 0.317 e. The van der Waals surface area contributed by atoms with Gasteiger partial charge in [0.25, 0.3) is 0 Å². The maximum absolute atomic E-state index is 12.6. The first-order valence-corrected chi connectivity index (χ1v) is 13.2. The Morgan fingerprint density at radius 1 is 0.912 bits per heavy atom. The van der Waals surface area contributed by atoms with Crippen molar-refractivity contribution in [1.82, 2.24) is 0 Å². The molecule has 2 fully saturated rings. The molecule has 1 N–H and O–H groups in total. The first-order chi connectivity index (χ1) is 16.3. The molecular weight excluding hydrogens is 436 g/mol. The molecule has 0 aromatic heterocycles. The highest BCUT2D eigenvalue weighted by Gasteiger charge is 2.50. The third kappa shape index (κ3) is 10.7. The Labute approximate surface area is 204 Å². The Morgan fingerprint density at radius 3 is 2.03 bits per heavy atom. The summed E-state index contributed by atoms with van der Waals surface area (Å²) >= 11 is 0. The molecule has 34 heavy (non-hydrogen) atoms. The number of ketones is 1. The minimum atomic E-state index is -0.823. The number of carboxylic acids is 1. The van der Waals surface area contributed by atoms with E-state index in [0.29, 0.717) is 12.8 Å². The standard InChI is InChI=1S/C27H44O7/c1-27(2)32-20-22(34-27)25-24(30)21(26(31)33-25)18-16-14-12-10-8-6-4-3-5-7-9-11-13-15-17-19-23(28)29/h3,5,21-22,25H,4,6-20H2,1-2H3,(H,28,29). The Balaban J connectivity index is 1.41. The average Bonchev–Trinajstić information content (AvgIpc) is 3.28. The molecular formula is C27H44O7. The van der Waals surface area contributed by atoms with E-state index < -0.39 is 35.9 Å². The van der Waals surface area contributed by atoms with Gasteiger partial charge in [0.15, 0.2) is 17.7 Å². The zero-order valence-corrected chi connectivity index (χ0v) is 21.1. The number of esters is 1. The second-order valence-electron chi connectivity index (χ2n) is 10.0. The van der Waals surface area contributed by atoms with Crippen molar-refractivity contribution in [2.75, 3.05) is 6.61 Å². The summed E-state index contributed by atoms with van der Waals surface area (Å²) < 4.78 is 16.5. The Kier molecular flexibility index (Phi) is 12.8. The van der Waals surface area contributed by atoms with Crippen molar-refractivity contribution in [3.05, 3.63) is 12.2 Å². The average molecular weight is 481 g/mol. The molecule has 2 aliphatic rings. The summed E-state index contributed by atoms with van der Waals surface area (Å²) in [5.41, 5.74) is 0. The van der Waals surface area contributed by atoms with E-state index in [9.17, 15) is 14.4 Å². The van der Waals surface area contributed by atoms with Crippen LogP contribution in [0, 0.1) is 5.92 Å². The monoisotopic (exact) mass is 480 g/mol. The minimum absolute atomic E-state index is 0.152. The topological polar surface area (TPSA) is 99.1 Å². The minimum Gasteiger partial charge on any atom is -0.481 e. The van der Waals surface area contributed by atoms with Crippen molar-refractivity contribution in [3.8, 4) is 0 Å². The van der Waals surface area contributed by atoms with Crippen molar-refractivity contribution in [3.63, 3.8) is 0 Å². The van der Waals surface area contributed by atoms with Crippen LogP contribution in [0.5, 0.6) is 0 Å². The number of allylic oxidation sites excluding steroid dienone is 2. The number of carboxylic acid groups (broad SMARTS) is 1. The SMILES string of the molecule is CC1(C)OCC(C2OC(=O)C(CCCCCCCCC=CCCCCCCCC(=O)O)C2=O)O1. The van der Waals surface area contributed by atoms with Gasteiger partial charge in [0, 0.05) is 6.42 Å². The molecule has 2 saturated heterocycles. The van der Waals surface area contributed by atoms with E-state index in [4.69, 9.17) is 19.3 Å². The highest BCUT2D eigenvalue weighted by atomic mass is 16.8. The fraction of sp³-hybridized carbons (Fsp3) is 0.815. The maximum atomic E-state index is 12.6. The van der Waals surface area contributed by atoms with Gasteiger partial charge < -0.3 is 19.3 Å². The number of carbonyl (C=O) groups is 3. The first kappa shape index (κ1) is 28.5. The molecule has 0 radical (unpaired) electrons.